The van der Waals surface area contributed by atoms with Crippen LogP contribution in [-0.2, 0) is 28.7 Å². The zero-order valence-electron chi connectivity index (χ0n) is 25.0. The monoisotopic (exact) mass is 585 g/mol. The summed E-state index contributed by atoms with van der Waals surface area (Å²) >= 11 is 0. The number of halogens is 2. The minimum absolute atomic E-state index is 0.00706. The average molecular weight is 586 g/mol. The van der Waals surface area contributed by atoms with E-state index < -0.39 is 78.1 Å². The molecule has 2 saturated carbocycles. The molecule has 0 bridgehead atoms. The first kappa shape index (κ1) is 32.7. The second kappa shape index (κ2) is 13.0. The third kappa shape index (κ3) is 8.85. The van der Waals surface area contributed by atoms with Crippen LogP contribution >= 0.6 is 0 Å². The molecule has 232 valence electrons. The van der Waals surface area contributed by atoms with E-state index in [1.807, 2.05) is 13.8 Å². The Balaban J connectivity index is 1.87. The number of esters is 1. The van der Waals surface area contributed by atoms with E-state index in [1.165, 1.54) is 4.90 Å². The summed E-state index contributed by atoms with van der Waals surface area (Å²) < 4.78 is 37.9. The second-order valence-electron chi connectivity index (χ2n) is 13.1. The number of nitrogens with one attached hydrogen (secondary N) is 2. The van der Waals surface area contributed by atoms with Gasteiger partial charge in [-0.1, -0.05) is 26.7 Å². The molecule has 10 nitrogen and oxygen atoms in total. The van der Waals surface area contributed by atoms with Crippen LogP contribution < -0.4 is 10.6 Å². The molecule has 0 spiro atoms. The fourth-order valence-corrected chi connectivity index (χ4v) is 5.91. The molecule has 3 fully saturated rings. The molecule has 0 aromatic heterocycles. The van der Waals surface area contributed by atoms with Gasteiger partial charge in [-0.05, 0) is 70.1 Å². The molecule has 41 heavy (non-hydrogen) atoms. The lowest BCUT2D eigenvalue weighted by Gasteiger charge is -2.37. The molecule has 2 unspecified atom stereocenters. The lowest BCUT2D eigenvalue weighted by molar-refractivity contribution is -0.153. The number of rotatable bonds is 10. The van der Waals surface area contributed by atoms with Gasteiger partial charge in [0.05, 0.1) is 13.2 Å². The van der Waals surface area contributed by atoms with Crippen LogP contribution in [0.25, 0.3) is 0 Å². The van der Waals surface area contributed by atoms with Crippen molar-refractivity contribution in [3.05, 3.63) is 0 Å². The summed E-state index contributed by atoms with van der Waals surface area (Å²) in [5.41, 5.74) is -0.848. The minimum atomic E-state index is -2.84. The summed E-state index contributed by atoms with van der Waals surface area (Å²) in [4.78, 5) is 66.8. The van der Waals surface area contributed by atoms with E-state index in [0.717, 1.165) is 20.0 Å². The molecule has 2 N–H and O–H groups in total. The first-order valence-corrected chi connectivity index (χ1v) is 14.6. The topological polar surface area (TPSA) is 131 Å². The van der Waals surface area contributed by atoms with Gasteiger partial charge in [0.1, 0.15) is 17.7 Å². The van der Waals surface area contributed by atoms with Gasteiger partial charge in [0, 0.05) is 19.4 Å². The van der Waals surface area contributed by atoms with E-state index in [1.54, 1.807) is 20.8 Å². The summed E-state index contributed by atoms with van der Waals surface area (Å²) in [6, 6.07) is -3.21. The Kier molecular flexibility index (Phi) is 10.4. The van der Waals surface area contributed by atoms with Crippen LogP contribution in [0.2, 0.25) is 0 Å². The highest BCUT2D eigenvalue weighted by Crippen LogP contribution is 2.39. The Morgan fingerprint density at radius 2 is 1.59 bits per heavy atom. The standard InChI is InChI=1S/C29H45F2N3O7/c1-16(2)19-11-14-34(22(19)24(36)32-20(15-17-7-8-17)23(35)26(38)40-6)25(37)21(33-27(39)41-28(3,4)5)18-9-12-29(30,31)13-10-18/h16-22H,7-15H2,1-6H3,(H,32,36)(H,33,39)/t19?,20?,21-,22-/m0/s1. The second-order valence-corrected chi connectivity index (χ2v) is 13.1. The molecule has 1 aliphatic heterocycles. The first-order chi connectivity index (χ1) is 19.0. The van der Waals surface area contributed by atoms with Crippen LogP contribution in [0.3, 0.4) is 0 Å². The highest BCUT2D eigenvalue weighted by Gasteiger charge is 2.49. The largest absolute Gasteiger partial charge is 0.463 e. The Morgan fingerprint density at radius 1 is 0.976 bits per heavy atom. The summed E-state index contributed by atoms with van der Waals surface area (Å²) in [5.74, 6) is -6.47. The molecule has 0 aromatic rings. The number of alkyl halides is 2. The average Bonchev–Trinajstić information content (AvgIpc) is 3.57. The molecular formula is C29H45F2N3O7. The lowest BCUT2D eigenvalue weighted by Crippen LogP contribution is -2.59. The van der Waals surface area contributed by atoms with Crippen molar-refractivity contribution in [2.24, 2.45) is 23.7 Å². The molecule has 1 saturated heterocycles. The van der Waals surface area contributed by atoms with Gasteiger partial charge in [0.25, 0.3) is 5.78 Å². The first-order valence-electron chi connectivity index (χ1n) is 14.6. The fraction of sp³-hybridized carbons (Fsp3) is 0.828. The van der Waals surface area contributed by atoms with Crippen molar-refractivity contribution < 1.29 is 42.2 Å². The van der Waals surface area contributed by atoms with E-state index in [4.69, 9.17) is 4.74 Å². The maximum absolute atomic E-state index is 14.1. The maximum atomic E-state index is 14.1. The summed E-state index contributed by atoms with van der Waals surface area (Å²) in [7, 11) is 1.10. The van der Waals surface area contributed by atoms with Gasteiger partial charge < -0.3 is 25.0 Å². The number of ketones is 1. The summed E-state index contributed by atoms with van der Waals surface area (Å²) in [6.45, 7) is 9.10. The van der Waals surface area contributed by atoms with Crippen LogP contribution in [0.1, 0.15) is 86.0 Å². The van der Waals surface area contributed by atoms with E-state index >= 15 is 0 Å². The molecule has 3 aliphatic rings. The fourth-order valence-electron chi connectivity index (χ4n) is 5.91. The molecule has 3 rings (SSSR count). The Bertz CT molecular complexity index is 999. The van der Waals surface area contributed by atoms with Gasteiger partial charge in [-0.25, -0.2) is 18.4 Å². The van der Waals surface area contributed by atoms with Gasteiger partial charge in [-0.15, -0.1) is 0 Å². The van der Waals surface area contributed by atoms with Crippen molar-refractivity contribution >= 4 is 29.7 Å². The summed E-state index contributed by atoms with van der Waals surface area (Å²) in [5, 5.41) is 5.34. The molecule has 12 heteroatoms. The van der Waals surface area contributed by atoms with E-state index in [2.05, 4.69) is 15.4 Å². The Morgan fingerprint density at radius 3 is 2.10 bits per heavy atom. The number of likely N-dealkylation sites (tertiary alicyclic amines) is 1. The van der Waals surface area contributed by atoms with E-state index in [-0.39, 0.29) is 37.1 Å². The number of amides is 3. The molecule has 0 aromatic carbocycles. The molecule has 1 heterocycles. The van der Waals surface area contributed by atoms with Crippen molar-refractivity contribution in [1.29, 1.82) is 0 Å². The van der Waals surface area contributed by atoms with Crippen LogP contribution in [0.5, 0.6) is 0 Å². The quantitative estimate of drug-likeness (QED) is 0.296. The third-order valence-corrected chi connectivity index (χ3v) is 8.31. The highest BCUT2D eigenvalue weighted by molar-refractivity contribution is 6.36. The smallest absolute Gasteiger partial charge is 0.408 e. The van der Waals surface area contributed by atoms with Crippen LogP contribution in [0, 0.1) is 23.7 Å². The predicted molar refractivity (Wildman–Crippen MR) is 145 cm³/mol. The maximum Gasteiger partial charge on any atom is 0.408 e. The normalized spacial score (nSPS) is 24.4. The molecule has 3 amide bonds. The number of methoxy groups -OCH3 is 1. The van der Waals surface area contributed by atoms with Gasteiger partial charge in [-0.3, -0.25) is 14.4 Å². The van der Waals surface area contributed by atoms with Crippen LogP contribution in [0.15, 0.2) is 0 Å². The van der Waals surface area contributed by atoms with Crippen molar-refractivity contribution in [1.82, 2.24) is 15.5 Å². The van der Waals surface area contributed by atoms with Gasteiger partial charge in [-0.2, -0.15) is 0 Å². The number of Topliss-reactive ketones (excluding diaryl/α,β-unsaturated/α-hetero) is 1. The van der Waals surface area contributed by atoms with Gasteiger partial charge >= 0.3 is 12.1 Å². The predicted octanol–water partition coefficient (Wildman–Crippen LogP) is 3.61. The number of hydrogen-bond acceptors (Lipinski definition) is 7. The zero-order chi connectivity index (χ0) is 30.7. The van der Waals surface area contributed by atoms with Crippen molar-refractivity contribution in [3.8, 4) is 0 Å². The molecule has 2 aliphatic carbocycles. The van der Waals surface area contributed by atoms with Gasteiger partial charge in [0.15, 0.2) is 0 Å². The number of nitrogens with zero attached hydrogens (tertiary/aromatic N) is 1. The Labute approximate surface area is 240 Å². The third-order valence-electron chi connectivity index (χ3n) is 8.31. The zero-order valence-corrected chi connectivity index (χ0v) is 25.0. The van der Waals surface area contributed by atoms with Crippen molar-refractivity contribution in [3.63, 3.8) is 0 Å². The van der Waals surface area contributed by atoms with E-state index in [9.17, 15) is 32.8 Å². The van der Waals surface area contributed by atoms with Crippen molar-refractivity contribution in [2.75, 3.05) is 13.7 Å². The minimum Gasteiger partial charge on any atom is -0.463 e. The lowest BCUT2D eigenvalue weighted by atomic mass is 9.81. The Hall–Kier alpha value is -2.79. The summed E-state index contributed by atoms with van der Waals surface area (Å²) in [6.07, 6.45) is 0.964. The highest BCUT2D eigenvalue weighted by atomic mass is 19.3. The number of alkyl carbamates (subject to hydrolysis) is 1. The number of hydrogen-bond donors (Lipinski definition) is 2. The SMILES string of the molecule is COC(=O)C(=O)C(CC1CC1)NC(=O)[C@@H]1C(C(C)C)CCN1C(=O)[C@@H](NC(=O)OC(C)(C)C)C1CCC(F)(F)CC1. The number of carbonyl (C=O) groups excluding carboxylic acids is 5. The molecule has 0 radical (unpaired) electrons. The van der Waals surface area contributed by atoms with Crippen LogP contribution in [0.4, 0.5) is 13.6 Å². The molecule has 4 atom stereocenters. The number of carbonyl (C=O) groups is 5. The van der Waals surface area contributed by atoms with Gasteiger partial charge in [0.2, 0.25) is 17.7 Å². The van der Waals surface area contributed by atoms with Crippen molar-refractivity contribution in [2.45, 2.75) is 116 Å². The van der Waals surface area contributed by atoms with Crippen LogP contribution in [-0.4, -0.2) is 77.9 Å². The molecular weight excluding hydrogens is 540 g/mol. The van der Waals surface area contributed by atoms with E-state index in [0.29, 0.717) is 12.8 Å². The number of ether oxygens (including phenoxy) is 2.